The number of para-hydroxylation sites is 1. The highest BCUT2D eigenvalue weighted by molar-refractivity contribution is 5.65. The Bertz CT molecular complexity index is 1220. The molecule has 0 saturated carbocycles. The van der Waals surface area contributed by atoms with Crippen LogP contribution in [0.5, 0.6) is 0 Å². The van der Waals surface area contributed by atoms with Gasteiger partial charge in [0.15, 0.2) is 11.5 Å². The molecule has 0 spiro atoms. The van der Waals surface area contributed by atoms with Gasteiger partial charge in [0.2, 0.25) is 5.95 Å². The lowest BCUT2D eigenvalue weighted by molar-refractivity contribution is 0.735. The van der Waals surface area contributed by atoms with Crippen LogP contribution in [0.1, 0.15) is 62.4 Å². The lowest BCUT2D eigenvalue weighted by atomic mass is 9.99. The van der Waals surface area contributed by atoms with Crippen molar-refractivity contribution in [1.29, 1.82) is 0 Å². The average Bonchev–Trinajstić information content (AvgIpc) is 3.48. The standard InChI is InChI=1S/C24H27N7/c1-17(2)20-16-27-31-23(20)28-22(18-9-4-3-5-10-18)29-24(31)25-15-19-11-6-7-12-21(19)30-14-8-13-26-30/h6-9,11-14,16-17H,3-5,10,15H2,1-2H3,(H,25,28,29). The van der Waals surface area contributed by atoms with E-state index in [0.717, 1.165) is 41.1 Å². The highest BCUT2D eigenvalue weighted by Gasteiger charge is 2.18. The topological polar surface area (TPSA) is 72.9 Å². The molecule has 1 aromatic carbocycles. The maximum atomic E-state index is 4.92. The molecule has 0 saturated heterocycles. The van der Waals surface area contributed by atoms with Gasteiger partial charge in [-0.1, -0.05) is 38.1 Å². The van der Waals surface area contributed by atoms with Crippen molar-refractivity contribution < 1.29 is 0 Å². The number of anilines is 1. The van der Waals surface area contributed by atoms with Crippen molar-refractivity contribution in [2.24, 2.45) is 0 Å². The fourth-order valence-corrected chi connectivity index (χ4v) is 4.07. The fraction of sp³-hybridized carbons (Fsp3) is 0.333. The number of benzene rings is 1. The molecule has 7 heteroatoms. The molecule has 7 nitrogen and oxygen atoms in total. The van der Waals surface area contributed by atoms with Gasteiger partial charge < -0.3 is 5.32 Å². The summed E-state index contributed by atoms with van der Waals surface area (Å²) >= 11 is 0. The SMILES string of the molecule is CC(C)c1cnn2c(NCc3ccccc3-n3cccn3)nc(C3=CCCCC3)nc12. The van der Waals surface area contributed by atoms with Crippen LogP contribution >= 0.6 is 0 Å². The van der Waals surface area contributed by atoms with E-state index in [1.807, 2.05) is 39.8 Å². The number of nitrogens with zero attached hydrogens (tertiary/aromatic N) is 6. The van der Waals surface area contributed by atoms with Crippen LogP contribution in [0, 0.1) is 0 Å². The monoisotopic (exact) mass is 413 g/mol. The van der Waals surface area contributed by atoms with Gasteiger partial charge in [-0.25, -0.2) is 9.67 Å². The zero-order valence-electron chi connectivity index (χ0n) is 18.0. The number of fused-ring (bicyclic) bond motifs is 1. The molecule has 4 aromatic rings. The fourth-order valence-electron chi connectivity index (χ4n) is 4.07. The highest BCUT2D eigenvalue weighted by Crippen LogP contribution is 2.28. The molecule has 0 atom stereocenters. The zero-order valence-corrected chi connectivity index (χ0v) is 18.0. The van der Waals surface area contributed by atoms with Crippen molar-refractivity contribution in [2.45, 2.75) is 52.0 Å². The molecule has 3 heterocycles. The Morgan fingerprint density at radius 1 is 1.06 bits per heavy atom. The Labute approximate surface area is 181 Å². The zero-order chi connectivity index (χ0) is 21.2. The van der Waals surface area contributed by atoms with E-state index in [4.69, 9.17) is 9.97 Å². The van der Waals surface area contributed by atoms with Gasteiger partial charge in [0.05, 0.1) is 11.9 Å². The summed E-state index contributed by atoms with van der Waals surface area (Å²) in [5.74, 6) is 1.88. The van der Waals surface area contributed by atoms with E-state index in [2.05, 4.69) is 47.6 Å². The van der Waals surface area contributed by atoms with E-state index < -0.39 is 0 Å². The van der Waals surface area contributed by atoms with Gasteiger partial charge >= 0.3 is 0 Å². The summed E-state index contributed by atoms with van der Waals surface area (Å²) in [7, 11) is 0. The van der Waals surface area contributed by atoms with Gasteiger partial charge in [-0.2, -0.15) is 19.7 Å². The Morgan fingerprint density at radius 2 is 1.97 bits per heavy atom. The molecule has 0 radical (unpaired) electrons. The molecule has 0 fully saturated rings. The van der Waals surface area contributed by atoms with Crippen molar-refractivity contribution in [3.63, 3.8) is 0 Å². The number of aromatic nitrogens is 6. The van der Waals surface area contributed by atoms with Crippen LogP contribution in [0.3, 0.4) is 0 Å². The highest BCUT2D eigenvalue weighted by atomic mass is 15.3. The van der Waals surface area contributed by atoms with Gasteiger partial charge in [0.25, 0.3) is 0 Å². The first-order chi connectivity index (χ1) is 15.2. The van der Waals surface area contributed by atoms with Crippen molar-refractivity contribution in [3.8, 4) is 5.69 Å². The Hall–Kier alpha value is -3.48. The van der Waals surface area contributed by atoms with E-state index in [9.17, 15) is 0 Å². The molecule has 3 aromatic heterocycles. The van der Waals surface area contributed by atoms with Crippen LogP contribution in [-0.4, -0.2) is 29.4 Å². The van der Waals surface area contributed by atoms with Crippen molar-refractivity contribution in [1.82, 2.24) is 29.4 Å². The first-order valence-corrected chi connectivity index (χ1v) is 11.0. The van der Waals surface area contributed by atoms with Crippen molar-refractivity contribution >= 4 is 17.2 Å². The maximum absolute atomic E-state index is 4.92. The molecular weight excluding hydrogens is 386 g/mol. The number of nitrogens with one attached hydrogen (secondary N) is 1. The average molecular weight is 414 g/mol. The van der Waals surface area contributed by atoms with Crippen molar-refractivity contribution in [2.75, 3.05) is 5.32 Å². The van der Waals surface area contributed by atoms with E-state index in [-0.39, 0.29) is 0 Å². The second-order valence-electron chi connectivity index (χ2n) is 8.27. The number of hydrogen-bond donors (Lipinski definition) is 1. The van der Waals surface area contributed by atoms with Crippen LogP contribution in [0.15, 0.2) is 55.0 Å². The van der Waals surface area contributed by atoms with Gasteiger partial charge in [0.1, 0.15) is 0 Å². The second-order valence-corrected chi connectivity index (χ2v) is 8.27. The Kier molecular flexibility index (Phi) is 5.24. The third-order valence-electron chi connectivity index (χ3n) is 5.78. The molecule has 0 amide bonds. The van der Waals surface area contributed by atoms with E-state index in [1.54, 1.807) is 6.20 Å². The summed E-state index contributed by atoms with van der Waals surface area (Å²) in [5.41, 5.74) is 5.44. The summed E-state index contributed by atoms with van der Waals surface area (Å²) in [6.07, 6.45) is 12.5. The van der Waals surface area contributed by atoms with Gasteiger partial charge in [-0.3, -0.25) is 0 Å². The largest absolute Gasteiger partial charge is 0.350 e. The molecule has 1 aliphatic carbocycles. The molecular formula is C24H27N7. The quantitative estimate of drug-likeness (QED) is 0.481. The summed E-state index contributed by atoms with van der Waals surface area (Å²) in [5, 5.41) is 12.5. The van der Waals surface area contributed by atoms with Gasteiger partial charge in [-0.05, 0) is 54.9 Å². The first kappa shape index (κ1) is 19.5. The summed E-state index contributed by atoms with van der Waals surface area (Å²) < 4.78 is 3.72. The molecule has 0 bridgehead atoms. The van der Waals surface area contributed by atoms with E-state index >= 15 is 0 Å². The Morgan fingerprint density at radius 3 is 2.74 bits per heavy atom. The number of rotatable bonds is 6. The number of allylic oxidation sites excluding steroid dienone is 2. The normalized spacial score (nSPS) is 14.2. The van der Waals surface area contributed by atoms with Crippen LogP contribution in [0.2, 0.25) is 0 Å². The third-order valence-corrected chi connectivity index (χ3v) is 5.78. The van der Waals surface area contributed by atoms with Gasteiger partial charge in [0, 0.05) is 24.5 Å². The minimum absolute atomic E-state index is 0.342. The van der Waals surface area contributed by atoms with Crippen LogP contribution in [-0.2, 0) is 6.54 Å². The minimum atomic E-state index is 0.342. The first-order valence-electron chi connectivity index (χ1n) is 11.0. The van der Waals surface area contributed by atoms with Crippen LogP contribution < -0.4 is 5.32 Å². The maximum Gasteiger partial charge on any atom is 0.228 e. The van der Waals surface area contributed by atoms with Crippen LogP contribution in [0.25, 0.3) is 16.9 Å². The molecule has 158 valence electrons. The predicted molar refractivity (Wildman–Crippen MR) is 122 cm³/mol. The number of hydrogen-bond acceptors (Lipinski definition) is 5. The molecule has 1 N–H and O–H groups in total. The second kappa shape index (κ2) is 8.34. The Balaban J connectivity index is 1.53. The summed E-state index contributed by atoms with van der Waals surface area (Å²) in [6, 6.07) is 10.2. The molecule has 5 rings (SSSR count). The molecule has 0 aliphatic heterocycles. The van der Waals surface area contributed by atoms with E-state index in [0.29, 0.717) is 18.4 Å². The third kappa shape index (κ3) is 3.83. The molecule has 31 heavy (non-hydrogen) atoms. The lowest BCUT2D eigenvalue weighted by Gasteiger charge is -2.15. The predicted octanol–water partition coefficient (Wildman–Crippen LogP) is 5.00. The van der Waals surface area contributed by atoms with Crippen molar-refractivity contribution in [3.05, 3.63) is 71.9 Å². The van der Waals surface area contributed by atoms with Crippen LogP contribution in [0.4, 0.5) is 5.95 Å². The van der Waals surface area contributed by atoms with Gasteiger partial charge in [-0.15, -0.1) is 0 Å². The summed E-state index contributed by atoms with van der Waals surface area (Å²) in [6.45, 7) is 4.95. The molecule has 0 unspecified atom stereocenters. The smallest absolute Gasteiger partial charge is 0.228 e. The molecule has 1 aliphatic rings. The lowest BCUT2D eigenvalue weighted by Crippen LogP contribution is -2.13. The minimum Gasteiger partial charge on any atom is -0.350 e. The van der Waals surface area contributed by atoms with E-state index in [1.165, 1.54) is 18.4 Å². The summed E-state index contributed by atoms with van der Waals surface area (Å²) in [4.78, 5) is 9.81.